The van der Waals surface area contributed by atoms with Crippen molar-refractivity contribution < 1.29 is 18.0 Å². The van der Waals surface area contributed by atoms with Crippen LogP contribution in [0.15, 0.2) is 30.5 Å². The van der Waals surface area contributed by atoms with Gasteiger partial charge in [0.25, 0.3) is 0 Å². The van der Waals surface area contributed by atoms with Crippen LogP contribution in [-0.2, 0) is 16.8 Å². The van der Waals surface area contributed by atoms with E-state index in [1.807, 2.05) is 0 Å². The molecule has 0 bridgehead atoms. The van der Waals surface area contributed by atoms with E-state index in [2.05, 4.69) is 25.4 Å². The molecule has 4 aromatic rings. The van der Waals surface area contributed by atoms with Crippen LogP contribution < -0.4 is 5.32 Å². The molecule has 7 nitrogen and oxygen atoms in total. The SMILES string of the molecule is Cc1nc(-c2nn(Cc3cccc(F)c3F)c3ncc(F)cc23)nc2c1C(C)(C)C(=O)N2. The highest BCUT2D eigenvalue weighted by molar-refractivity contribution is 6.05. The number of carbonyl (C=O) groups excluding carboxylic acids is 1. The molecule has 0 atom stereocenters. The van der Waals surface area contributed by atoms with E-state index in [-0.39, 0.29) is 35.2 Å². The number of hydrogen-bond acceptors (Lipinski definition) is 5. The Labute approximate surface area is 180 Å². The fourth-order valence-electron chi connectivity index (χ4n) is 4.04. The van der Waals surface area contributed by atoms with Crippen LogP contribution in [0.5, 0.6) is 0 Å². The number of aryl methyl sites for hydroxylation is 1. The van der Waals surface area contributed by atoms with Crippen molar-refractivity contribution in [3.63, 3.8) is 0 Å². The van der Waals surface area contributed by atoms with Gasteiger partial charge in [-0.3, -0.25) is 4.79 Å². The zero-order valence-corrected chi connectivity index (χ0v) is 17.4. The lowest BCUT2D eigenvalue weighted by Gasteiger charge is -2.16. The van der Waals surface area contributed by atoms with Crippen LogP contribution in [0.2, 0.25) is 0 Å². The van der Waals surface area contributed by atoms with E-state index in [9.17, 15) is 18.0 Å². The molecule has 1 aliphatic heterocycles. The Balaban J connectivity index is 1.69. The van der Waals surface area contributed by atoms with Gasteiger partial charge in [0, 0.05) is 16.8 Å². The molecule has 1 aromatic carbocycles. The van der Waals surface area contributed by atoms with Crippen LogP contribution >= 0.6 is 0 Å². The van der Waals surface area contributed by atoms with Crippen molar-refractivity contribution in [2.24, 2.45) is 0 Å². The third kappa shape index (κ3) is 2.94. The quantitative estimate of drug-likeness (QED) is 0.525. The summed E-state index contributed by atoms with van der Waals surface area (Å²) in [6, 6.07) is 5.08. The van der Waals surface area contributed by atoms with Crippen molar-refractivity contribution in [3.05, 3.63) is 64.7 Å². The molecule has 0 saturated heterocycles. The van der Waals surface area contributed by atoms with Gasteiger partial charge in [0.05, 0.1) is 23.5 Å². The van der Waals surface area contributed by atoms with Gasteiger partial charge in [0.2, 0.25) is 5.91 Å². The van der Waals surface area contributed by atoms with Gasteiger partial charge in [-0.2, -0.15) is 5.10 Å². The van der Waals surface area contributed by atoms with Crippen molar-refractivity contribution in [1.29, 1.82) is 0 Å². The van der Waals surface area contributed by atoms with Gasteiger partial charge in [-0.1, -0.05) is 12.1 Å². The summed E-state index contributed by atoms with van der Waals surface area (Å²) in [6.45, 7) is 5.18. The first-order valence-electron chi connectivity index (χ1n) is 9.82. The number of hydrogen-bond donors (Lipinski definition) is 1. The standard InChI is InChI=1S/C22H17F3N6O/c1-10-15-18(29-21(32)22(15,2)3)28-19(27-10)17-13-7-12(23)8-26-20(13)31(30-17)9-11-5-4-6-14(24)16(11)25/h4-8H,9H2,1-3H3,(H,27,28,29,32). The molecule has 5 rings (SSSR count). The van der Waals surface area contributed by atoms with Crippen LogP contribution in [0.25, 0.3) is 22.6 Å². The van der Waals surface area contributed by atoms with Crippen LogP contribution in [0.4, 0.5) is 19.0 Å². The number of rotatable bonds is 3. The number of pyridine rings is 1. The Morgan fingerprint density at radius 2 is 1.94 bits per heavy atom. The molecule has 0 saturated carbocycles. The number of carbonyl (C=O) groups is 1. The van der Waals surface area contributed by atoms with Crippen molar-refractivity contribution >= 4 is 22.8 Å². The van der Waals surface area contributed by atoms with Gasteiger partial charge in [-0.25, -0.2) is 32.8 Å². The van der Waals surface area contributed by atoms with E-state index in [4.69, 9.17) is 0 Å². The first kappa shape index (κ1) is 20.1. The summed E-state index contributed by atoms with van der Waals surface area (Å²) in [5.41, 5.74) is 1.01. The average molecular weight is 438 g/mol. The number of nitrogens with zero attached hydrogens (tertiary/aromatic N) is 5. The Morgan fingerprint density at radius 3 is 2.72 bits per heavy atom. The maximum Gasteiger partial charge on any atom is 0.235 e. The number of benzene rings is 1. The third-order valence-corrected chi connectivity index (χ3v) is 5.63. The highest BCUT2D eigenvalue weighted by Crippen LogP contribution is 2.39. The van der Waals surface area contributed by atoms with Crippen LogP contribution in [0, 0.1) is 24.4 Å². The average Bonchev–Trinajstić information content (AvgIpc) is 3.19. The van der Waals surface area contributed by atoms with Crippen LogP contribution in [0.1, 0.15) is 30.7 Å². The van der Waals surface area contributed by atoms with Crippen molar-refractivity contribution in [2.75, 3.05) is 5.32 Å². The molecule has 32 heavy (non-hydrogen) atoms. The molecule has 4 heterocycles. The number of nitrogens with one attached hydrogen (secondary N) is 1. The minimum absolute atomic E-state index is 0.0622. The highest BCUT2D eigenvalue weighted by Gasteiger charge is 2.41. The lowest BCUT2D eigenvalue weighted by molar-refractivity contribution is -0.119. The number of aromatic nitrogens is 5. The maximum absolute atomic E-state index is 14.2. The lowest BCUT2D eigenvalue weighted by Crippen LogP contribution is -2.27. The van der Waals surface area contributed by atoms with Gasteiger partial charge in [0.15, 0.2) is 23.1 Å². The monoisotopic (exact) mass is 438 g/mol. The zero-order valence-electron chi connectivity index (χ0n) is 17.4. The molecule has 10 heteroatoms. The number of halogens is 3. The molecule has 1 aliphatic rings. The minimum atomic E-state index is -0.991. The summed E-state index contributed by atoms with van der Waals surface area (Å²) in [5, 5.41) is 7.51. The molecule has 0 radical (unpaired) electrons. The van der Waals surface area contributed by atoms with E-state index >= 15 is 0 Å². The van der Waals surface area contributed by atoms with Gasteiger partial charge in [0.1, 0.15) is 17.3 Å². The Bertz CT molecular complexity index is 1430. The van der Waals surface area contributed by atoms with Gasteiger partial charge in [-0.05, 0) is 32.9 Å². The Morgan fingerprint density at radius 1 is 1.16 bits per heavy atom. The van der Waals surface area contributed by atoms with E-state index in [1.165, 1.54) is 22.9 Å². The maximum atomic E-state index is 14.2. The summed E-state index contributed by atoms with van der Waals surface area (Å²) >= 11 is 0. The fourth-order valence-corrected chi connectivity index (χ4v) is 4.04. The topological polar surface area (TPSA) is 85.6 Å². The van der Waals surface area contributed by atoms with Crippen molar-refractivity contribution in [2.45, 2.75) is 32.7 Å². The number of fused-ring (bicyclic) bond motifs is 2. The fraction of sp³-hybridized carbons (Fsp3) is 0.227. The lowest BCUT2D eigenvalue weighted by atomic mass is 9.86. The minimum Gasteiger partial charge on any atom is -0.310 e. The van der Waals surface area contributed by atoms with Gasteiger partial charge >= 0.3 is 0 Å². The normalized spacial score (nSPS) is 14.6. The second kappa shape index (κ2) is 6.84. The summed E-state index contributed by atoms with van der Waals surface area (Å²) < 4.78 is 43.3. The second-order valence-corrected chi connectivity index (χ2v) is 8.18. The molecule has 0 spiro atoms. The number of amides is 1. The molecule has 162 valence electrons. The predicted molar refractivity (Wildman–Crippen MR) is 110 cm³/mol. The van der Waals surface area contributed by atoms with Gasteiger partial charge in [-0.15, -0.1) is 0 Å². The third-order valence-electron chi connectivity index (χ3n) is 5.63. The molecule has 0 unspecified atom stereocenters. The number of anilines is 1. The van der Waals surface area contributed by atoms with Crippen LogP contribution in [-0.4, -0.2) is 30.6 Å². The van der Waals surface area contributed by atoms with E-state index in [0.29, 0.717) is 22.5 Å². The molecule has 0 fully saturated rings. The summed E-state index contributed by atoms with van der Waals surface area (Å²) in [7, 11) is 0. The zero-order chi connectivity index (χ0) is 22.8. The Hall–Kier alpha value is -3.82. The largest absolute Gasteiger partial charge is 0.310 e. The summed E-state index contributed by atoms with van der Waals surface area (Å²) in [6.07, 6.45) is 1.02. The van der Waals surface area contributed by atoms with Crippen molar-refractivity contribution in [1.82, 2.24) is 24.7 Å². The predicted octanol–water partition coefficient (Wildman–Crippen LogP) is 3.89. The van der Waals surface area contributed by atoms with Crippen LogP contribution in [0.3, 0.4) is 0 Å². The smallest absolute Gasteiger partial charge is 0.235 e. The molecule has 3 aromatic heterocycles. The van der Waals surface area contributed by atoms with Crippen molar-refractivity contribution in [3.8, 4) is 11.5 Å². The molecule has 0 aliphatic carbocycles. The first-order chi connectivity index (χ1) is 15.2. The molecule has 1 N–H and O–H groups in total. The van der Waals surface area contributed by atoms with E-state index < -0.39 is 22.9 Å². The molecule has 1 amide bonds. The van der Waals surface area contributed by atoms with Gasteiger partial charge < -0.3 is 5.32 Å². The molecular formula is C22H17F3N6O. The second-order valence-electron chi connectivity index (χ2n) is 8.18. The first-order valence-corrected chi connectivity index (χ1v) is 9.82. The highest BCUT2D eigenvalue weighted by atomic mass is 19.2. The van der Waals surface area contributed by atoms with E-state index in [0.717, 1.165) is 12.3 Å². The summed E-state index contributed by atoms with van der Waals surface area (Å²) in [5.74, 6) is -2.24. The molecular weight excluding hydrogens is 421 g/mol. The van der Waals surface area contributed by atoms with E-state index in [1.54, 1.807) is 20.8 Å². The Kier molecular flexibility index (Phi) is 4.30. The summed E-state index contributed by atoms with van der Waals surface area (Å²) in [4.78, 5) is 25.4.